The van der Waals surface area contributed by atoms with Crippen molar-refractivity contribution in [3.05, 3.63) is 72.2 Å². The first-order valence-electron chi connectivity index (χ1n) is 10.5. The van der Waals surface area contributed by atoms with E-state index in [1.807, 2.05) is 18.2 Å². The molecule has 162 valence electrons. The Balaban J connectivity index is 1.42. The van der Waals surface area contributed by atoms with Gasteiger partial charge in [-0.2, -0.15) is 4.31 Å². The fourth-order valence-corrected chi connectivity index (χ4v) is 5.42. The molecule has 3 aromatic rings. The number of hydrogen-bond donors (Lipinski definition) is 0. The Kier molecular flexibility index (Phi) is 6.41. The molecule has 0 saturated carbocycles. The van der Waals surface area contributed by atoms with E-state index in [0.717, 1.165) is 6.54 Å². The molecule has 1 aliphatic heterocycles. The van der Waals surface area contributed by atoms with Crippen LogP contribution < -0.4 is 0 Å². The van der Waals surface area contributed by atoms with Gasteiger partial charge in [0.25, 0.3) is 0 Å². The van der Waals surface area contributed by atoms with Gasteiger partial charge < -0.3 is 4.90 Å². The van der Waals surface area contributed by atoms with E-state index in [9.17, 15) is 8.42 Å². The number of piperazine rings is 1. The first kappa shape index (κ1) is 21.5. The van der Waals surface area contributed by atoms with Crippen LogP contribution in [-0.2, 0) is 10.0 Å². The van der Waals surface area contributed by atoms with Crippen molar-refractivity contribution in [2.24, 2.45) is 0 Å². The zero-order valence-electron chi connectivity index (χ0n) is 17.8. The van der Waals surface area contributed by atoms with Crippen molar-refractivity contribution >= 4 is 10.0 Å². The van der Waals surface area contributed by atoms with Crippen LogP contribution in [0.1, 0.15) is 24.1 Å². The Morgan fingerprint density at radius 2 is 1.68 bits per heavy atom. The number of benzene rings is 1. The number of rotatable bonds is 6. The average molecular weight is 438 g/mol. The van der Waals surface area contributed by atoms with E-state index in [1.54, 1.807) is 23.5 Å². The largest absolute Gasteiger partial charge is 0.300 e. The lowest BCUT2D eigenvalue weighted by Crippen LogP contribution is -2.49. The quantitative estimate of drug-likeness (QED) is 0.590. The predicted molar refractivity (Wildman–Crippen MR) is 120 cm³/mol. The Bertz CT molecular complexity index is 1120. The molecule has 0 unspecified atom stereocenters. The molecule has 1 saturated heterocycles. The molecule has 7 nitrogen and oxygen atoms in total. The minimum Gasteiger partial charge on any atom is -0.300 e. The summed E-state index contributed by atoms with van der Waals surface area (Å²) in [7, 11) is -3.63. The maximum atomic E-state index is 13.2. The SMILES string of the molecule is Cc1nc(-c2ccccn2)ncc1S(=O)(=O)N1CCN(C[C@@H](C)c2ccccc2)CC1. The fourth-order valence-electron chi connectivity index (χ4n) is 3.89. The minimum atomic E-state index is -3.63. The Morgan fingerprint density at radius 1 is 0.968 bits per heavy atom. The lowest BCUT2D eigenvalue weighted by Gasteiger charge is -2.35. The van der Waals surface area contributed by atoms with Crippen molar-refractivity contribution in [1.82, 2.24) is 24.2 Å². The number of nitrogens with zero attached hydrogens (tertiary/aromatic N) is 5. The van der Waals surface area contributed by atoms with Gasteiger partial charge in [0.1, 0.15) is 10.6 Å². The highest BCUT2D eigenvalue weighted by atomic mass is 32.2. The van der Waals surface area contributed by atoms with Gasteiger partial charge in [0.05, 0.1) is 11.9 Å². The molecule has 1 aliphatic rings. The molecule has 0 radical (unpaired) electrons. The normalized spacial score (nSPS) is 16.8. The number of aromatic nitrogens is 3. The Hall–Kier alpha value is -2.68. The summed E-state index contributed by atoms with van der Waals surface area (Å²) in [6, 6.07) is 15.9. The van der Waals surface area contributed by atoms with Gasteiger partial charge in [0.15, 0.2) is 5.82 Å². The second-order valence-electron chi connectivity index (χ2n) is 7.87. The summed E-state index contributed by atoms with van der Waals surface area (Å²) in [5.74, 6) is 0.830. The maximum Gasteiger partial charge on any atom is 0.246 e. The van der Waals surface area contributed by atoms with Crippen LogP contribution in [0.15, 0.2) is 65.8 Å². The van der Waals surface area contributed by atoms with E-state index in [1.165, 1.54) is 11.8 Å². The van der Waals surface area contributed by atoms with Gasteiger partial charge in [0.2, 0.25) is 10.0 Å². The molecule has 3 heterocycles. The fraction of sp³-hybridized carbons (Fsp3) is 0.348. The molecule has 0 spiro atoms. The number of pyridine rings is 1. The lowest BCUT2D eigenvalue weighted by molar-refractivity contribution is 0.181. The van der Waals surface area contributed by atoms with Crippen LogP contribution in [-0.4, -0.2) is 65.3 Å². The molecule has 1 atom stereocenters. The first-order chi connectivity index (χ1) is 14.9. The molecule has 0 amide bonds. The number of sulfonamides is 1. The highest BCUT2D eigenvalue weighted by molar-refractivity contribution is 7.89. The zero-order chi connectivity index (χ0) is 21.8. The lowest BCUT2D eigenvalue weighted by atomic mass is 10.0. The summed E-state index contributed by atoms with van der Waals surface area (Å²) in [6.45, 7) is 7.18. The van der Waals surface area contributed by atoms with Crippen LogP contribution in [0, 0.1) is 6.92 Å². The molecule has 8 heteroatoms. The minimum absolute atomic E-state index is 0.165. The molecule has 0 N–H and O–H groups in total. The third-order valence-corrected chi connectivity index (χ3v) is 7.68. The van der Waals surface area contributed by atoms with Crippen LogP contribution >= 0.6 is 0 Å². The van der Waals surface area contributed by atoms with E-state index >= 15 is 0 Å². The molecule has 2 aromatic heterocycles. The van der Waals surface area contributed by atoms with Crippen LogP contribution in [0.5, 0.6) is 0 Å². The van der Waals surface area contributed by atoms with Crippen LogP contribution in [0.25, 0.3) is 11.5 Å². The summed E-state index contributed by atoms with van der Waals surface area (Å²) >= 11 is 0. The second-order valence-corrected chi connectivity index (χ2v) is 9.78. The van der Waals surface area contributed by atoms with Crippen molar-refractivity contribution in [3.8, 4) is 11.5 Å². The van der Waals surface area contributed by atoms with Crippen molar-refractivity contribution in [2.45, 2.75) is 24.7 Å². The monoisotopic (exact) mass is 437 g/mol. The van der Waals surface area contributed by atoms with E-state index in [-0.39, 0.29) is 4.90 Å². The number of aryl methyl sites for hydroxylation is 1. The van der Waals surface area contributed by atoms with Gasteiger partial charge in [-0.05, 0) is 30.5 Å². The summed E-state index contributed by atoms with van der Waals surface area (Å²) in [5.41, 5.74) is 2.37. The van der Waals surface area contributed by atoms with Gasteiger partial charge in [-0.15, -0.1) is 0 Å². The summed E-state index contributed by atoms with van der Waals surface area (Å²) in [5, 5.41) is 0. The van der Waals surface area contributed by atoms with Gasteiger partial charge in [-0.3, -0.25) is 4.98 Å². The third kappa shape index (κ3) is 4.81. The van der Waals surface area contributed by atoms with Gasteiger partial charge in [-0.25, -0.2) is 18.4 Å². The Morgan fingerprint density at radius 3 is 2.32 bits per heavy atom. The van der Waals surface area contributed by atoms with Crippen LogP contribution in [0.2, 0.25) is 0 Å². The van der Waals surface area contributed by atoms with Crippen molar-refractivity contribution in [2.75, 3.05) is 32.7 Å². The second kappa shape index (κ2) is 9.21. The average Bonchev–Trinajstić information content (AvgIpc) is 2.80. The standard InChI is InChI=1S/C23H27N5O2S/c1-18(20-8-4-3-5-9-20)17-27-12-14-28(15-13-27)31(29,30)22-16-25-23(26-19(22)2)21-10-6-7-11-24-21/h3-11,16,18H,12-15,17H2,1-2H3/t18-/m1/s1. The first-order valence-corrected chi connectivity index (χ1v) is 11.9. The third-order valence-electron chi connectivity index (χ3n) is 5.68. The van der Waals surface area contributed by atoms with Crippen molar-refractivity contribution < 1.29 is 8.42 Å². The molecule has 1 aromatic carbocycles. The maximum absolute atomic E-state index is 13.2. The Labute approximate surface area is 183 Å². The van der Waals surface area contributed by atoms with Crippen molar-refractivity contribution in [3.63, 3.8) is 0 Å². The molecule has 4 rings (SSSR count). The van der Waals surface area contributed by atoms with Gasteiger partial charge in [0, 0.05) is 38.9 Å². The summed E-state index contributed by atoms with van der Waals surface area (Å²) in [6.07, 6.45) is 3.07. The number of hydrogen-bond acceptors (Lipinski definition) is 6. The molecule has 0 aliphatic carbocycles. The molecular weight excluding hydrogens is 410 g/mol. The van der Waals surface area contributed by atoms with Crippen LogP contribution in [0.3, 0.4) is 0 Å². The van der Waals surface area contributed by atoms with E-state index < -0.39 is 10.0 Å². The van der Waals surface area contributed by atoms with Crippen molar-refractivity contribution in [1.29, 1.82) is 0 Å². The van der Waals surface area contributed by atoms with Gasteiger partial charge in [-0.1, -0.05) is 43.3 Å². The highest BCUT2D eigenvalue weighted by Gasteiger charge is 2.31. The molecule has 1 fully saturated rings. The summed E-state index contributed by atoms with van der Waals surface area (Å²) in [4.78, 5) is 15.4. The van der Waals surface area contributed by atoms with Crippen LogP contribution in [0.4, 0.5) is 0 Å². The van der Waals surface area contributed by atoms with Gasteiger partial charge >= 0.3 is 0 Å². The highest BCUT2D eigenvalue weighted by Crippen LogP contribution is 2.23. The van der Waals surface area contributed by atoms with E-state index in [2.05, 4.69) is 51.0 Å². The smallest absolute Gasteiger partial charge is 0.246 e. The molecular formula is C23H27N5O2S. The molecule has 0 bridgehead atoms. The zero-order valence-corrected chi connectivity index (χ0v) is 18.7. The topological polar surface area (TPSA) is 79.3 Å². The molecule has 31 heavy (non-hydrogen) atoms. The summed E-state index contributed by atoms with van der Waals surface area (Å²) < 4.78 is 28.0. The predicted octanol–water partition coefficient (Wildman–Crippen LogP) is 2.96. The van der Waals surface area contributed by atoms with E-state index in [0.29, 0.717) is 49.3 Å². The van der Waals surface area contributed by atoms with E-state index in [4.69, 9.17) is 0 Å².